The number of methoxy groups -OCH3 is 2. The summed E-state index contributed by atoms with van der Waals surface area (Å²) in [6.07, 6.45) is 3.08. The number of allylic oxidation sites excluding steroid dienone is 2. The molecule has 2 bridgehead atoms. The van der Waals surface area contributed by atoms with E-state index in [4.69, 9.17) is 19.9 Å². The molecule has 43 heavy (non-hydrogen) atoms. The molecule has 7 atom stereocenters. The SMILES string of the molecule is CO[C@H]1CCCC2=C(NCCN(C)C)C(O)C=C(NC(=O)/C(C)=C/C=C\[C@@H](OC)[C@@H](OC(N)=O)/C(C)=C/[C@H](C)[C@H]1O)C2O. The summed E-state index contributed by atoms with van der Waals surface area (Å²) in [4.78, 5) is 26.8. The number of aliphatic hydroxyl groups is 3. The minimum atomic E-state index is -1.15. The molecule has 242 valence electrons. The van der Waals surface area contributed by atoms with Gasteiger partial charge in [0, 0.05) is 50.2 Å². The molecule has 2 unspecified atom stereocenters. The zero-order valence-electron chi connectivity index (χ0n) is 26.4. The number of carbonyl (C=O) groups excluding carboxylic acids is 2. The van der Waals surface area contributed by atoms with Gasteiger partial charge >= 0.3 is 6.09 Å². The molecular formula is C31H50N4O8. The van der Waals surface area contributed by atoms with E-state index in [0.717, 1.165) is 0 Å². The Kier molecular flexibility index (Phi) is 14.6. The lowest BCUT2D eigenvalue weighted by Gasteiger charge is -2.31. The number of hydrogen-bond donors (Lipinski definition) is 6. The summed E-state index contributed by atoms with van der Waals surface area (Å²) in [6, 6.07) is 0. The highest BCUT2D eigenvalue weighted by molar-refractivity contribution is 5.94. The number of nitrogens with two attached hydrogens (primary N) is 1. The van der Waals surface area contributed by atoms with Crippen molar-refractivity contribution in [2.24, 2.45) is 11.7 Å². The van der Waals surface area contributed by atoms with Crippen LogP contribution in [0.25, 0.3) is 0 Å². The number of carbonyl (C=O) groups is 2. The molecule has 12 heteroatoms. The first-order valence-electron chi connectivity index (χ1n) is 14.5. The normalized spacial score (nSPS) is 33.0. The van der Waals surface area contributed by atoms with Gasteiger partial charge in [-0.15, -0.1) is 0 Å². The van der Waals surface area contributed by atoms with Gasteiger partial charge in [0.2, 0.25) is 0 Å². The van der Waals surface area contributed by atoms with Crippen molar-refractivity contribution in [2.75, 3.05) is 41.4 Å². The monoisotopic (exact) mass is 606 g/mol. The first-order chi connectivity index (χ1) is 20.3. The van der Waals surface area contributed by atoms with Crippen LogP contribution in [0.4, 0.5) is 4.79 Å². The molecule has 1 aliphatic heterocycles. The van der Waals surface area contributed by atoms with Gasteiger partial charge < -0.3 is 50.8 Å². The highest BCUT2D eigenvalue weighted by Gasteiger charge is 2.32. The van der Waals surface area contributed by atoms with Crippen molar-refractivity contribution in [2.45, 2.75) is 76.7 Å². The molecule has 0 saturated carbocycles. The second kappa shape index (κ2) is 17.3. The fourth-order valence-electron chi connectivity index (χ4n) is 5.21. The van der Waals surface area contributed by atoms with Gasteiger partial charge in [-0.25, -0.2) is 4.79 Å². The van der Waals surface area contributed by atoms with Crippen LogP contribution in [-0.4, -0.2) is 110 Å². The van der Waals surface area contributed by atoms with Gasteiger partial charge in [-0.1, -0.05) is 31.2 Å². The van der Waals surface area contributed by atoms with Crippen LogP contribution >= 0.6 is 0 Å². The van der Waals surface area contributed by atoms with E-state index in [-0.39, 0.29) is 5.70 Å². The van der Waals surface area contributed by atoms with Crippen LogP contribution in [0.3, 0.4) is 0 Å². The topological polar surface area (TPSA) is 176 Å². The molecule has 1 aliphatic carbocycles. The van der Waals surface area contributed by atoms with Gasteiger partial charge in [0.05, 0.1) is 12.2 Å². The Balaban J connectivity index is 2.53. The highest BCUT2D eigenvalue weighted by atomic mass is 16.6. The van der Waals surface area contributed by atoms with Gasteiger partial charge in [0.1, 0.15) is 18.3 Å². The number of rotatable bonds is 7. The molecule has 0 radical (unpaired) electrons. The van der Waals surface area contributed by atoms with E-state index in [1.807, 2.05) is 25.9 Å². The summed E-state index contributed by atoms with van der Waals surface area (Å²) in [5.41, 5.74) is 7.54. The number of amides is 2. The van der Waals surface area contributed by atoms with Gasteiger partial charge in [-0.05, 0) is 64.4 Å². The molecule has 0 aromatic carbocycles. The fraction of sp³-hybridized carbons (Fsp3) is 0.613. The highest BCUT2D eigenvalue weighted by Crippen LogP contribution is 2.29. The van der Waals surface area contributed by atoms with Gasteiger partial charge in [-0.2, -0.15) is 0 Å². The van der Waals surface area contributed by atoms with E-state index >= 15 is 0 Å². The lowest BCUT2D eigenvalue weighted by atomic mass is 9.88. The Morgan fingerprint density at radius 3 is 2.47 bits per heavy atom. The average molecular weight is 607 g/mol. The number of hydrogen-bond acceptors (Lipinski definition) is 10. The molecule has 0 aromatic rings. The van der Waals surface area contributed by atoms with Crippen molar-refractivity contribution in [1.82, 2.24) is 15.5 Å². The van der Waals surface area contributed by atoms with E-state index in [1.54, 1.807) is 38.2 Å². The molecule has 0 saturated heterocycles. The molecule has 0 fully saturated rings. The number of aliphatic hydroxyl groups excluding tert-OH is 3. The Labute approximate surface area is 254 Å². The minimum Gasteiger partial charge on any atom is -0.439 e. The van der Waals surface area contributed by atoms with Crippen LogP contribution in [0.1, 0.15) is 40.0 Å². The van der Waals surface area contributed by atoms with Crippen molar-refractivity contribution < 1.29 is 39.1 Å². The first-order valence-corrected chi connectivity index (χ1v) is 14.5. The van der Waals surface area contributed by atoms with E-state index in [9.17, 15) is 24.9 Å². The van der Waals surface area contributed by atoms with Crippen LogP contribution < -0.4 is 16.4 Å². The summed E-state index contributed by atoms with van der Waals surface area (Å²) in [6.45, 7) is 6.46. The molecule has 7 N–H and O–H groups in total. The number of nitrogens with one attached hydrogen (secondary N) is 2. The summed E-state index contributed by atoms with van der Waals surface area (Å²) in [5.74, 6) is -0.856. The number of likely N-dealkylation sites (N-methyl/N-ethyl adjacent to an activating group) is 1. The molecule has 0 spiro atoms. The standard InChI is InChI=1S/C31H50N4O8/c1-18-10-8-13-25(42-7)29(43-31(32)40)20(3)16-19(2)27(37)24(41-6)12-9-11-21-26(33-14-15-35(4)5)23(36)17-22(28(21)38)34-30(18)39/h8,10,13,16-17,19,23-25,27-29,33,36-38H,9,11-12,14-15H2,1-7H3,(H2,32,40)(H,34,39)/b13-8-,18-10+,20-16+/t19-,23?,24-,25+,27+,28?,29-/m0/s1. The molecule has 0 aromatic heterocycles. The number of ether oxygens (including phenoxy) is 3. The molecule has 12 nitrogen and oxygen atoms in total. The minimum absolute atomic E-state index is 0.182. The van der Waals surface area contributed by atoms with Crippen LogP contribution in [0.15, 0.2) is 58.5 Å². The zero-order chi connectivity index (χ0) is 32.3. The van der Waals surface area contributed by atoms with Gasteiger partial charge in [0.25, 0.3) is 5.91 Å². The van der Waals surface area contributed by atoms with E-state index in [0.29, 0.717) is 54.8 Å². The lowest BCUT2D eigenvalue weighted by Crippen LogP contribution is -2.40. The lowest BCUT2D eigenvalue weighted by molar-refractivity contribution is -0.117. The van der Waals surface area contributed by atoms with Crippen LogP contribution in [0.5, 0.6) is 0 Å². The van der Waals surface area contributed by atoms with Crippen molar-refractivity contribution >= 4 is 12.0 Å². The van der Waals surface area contributed by atoms with E-state index in [2.05, 4.69) is 10.6 Å². The number of fused-ring (bicyclic) bond motifs is 2. The number of nitrogens with zero attached hydrogens (tertiary/aromatic N) is 1. The maximum atomic E-state index is 13.0. The molecular weight excluding hydrogens is 556 g/mol. The first kappa shape index (κ1) is 36.2. The van der Waals surface area contributed by atoms with E-state index < -0.39 is 54.5 Å². The number of primary amides is 1. The average Bonchev–Trinajstić information content (AvgIpc) is 2.94. The quantitative estimate of drug-likeness (QED) is 0.231. The summed E-state index contributed by atoms with van der Waals surface area (Å²) in [5, 5.41) is 39.5. The Morgan fingerprint density at radius 2 is 1.86 bits per heavy atom. The van der Waals surface area contributed by atoms with Crippen molar-refractivity contribution in [3.05, 3.63) is 58.5 Å². The van der Waals surface area contributed by atoms with Crippen LogP contribution in [-0.2, 0) is 19.0 Å². The maximum absolute atomic E-state index is 13.0. The zero-order valence-corrected chi connectivity index (χ0v) is 26.4. The Bertz CT molecular complexity index is 1110. The van der Waals surface area contributed by atoms with Crippen molar-refractivity contribution in [3.8, 4) is 0 Å². The third kappa shape index (κ3) is 10.6. The van der Waals surface area contributed by atoms with Crippen LogP contribution in [0, 0.1) is 5.92 Å². The Morgan fingerprint density at radius 1 is 1.16 bits per heavy atom. The van der Waals surface area contributed by atoms with Crippen molar-refractivity contribution in [3.63, 3.8) is 0 Å². The molecule has 2 aliphatic rings. The second-order valence-corrected chi connectivity index (χ2v) is 11.3. The van der Waals surface area contributed by atoms with Crippen molar-refractivity contribution in [1.29, 1.82) is 0 Å². The third-order valence-corrected chi connectivity index (χ3v) is 7.69. The summed E-state index contributed by atoms with van der Waals surface area (Å²) < 4.78 is 16.6. The summed E-state index contributed by atoms with van der Waals surface area (Å²) in [7, 11) is 6.86. The predicted octanol–water partition coefficient (Wildman–Crippen LogP) is 1.25. The molecule has 2 rings (SSSR count). The second-order valence-electron chi connectivity index (χ2n) is 11.3. The van der Waals surface area contributed by atoms with Gasteiger partial charge in [-0.3, -0.25) is 4.79 Å². The predicted molar refractivity (Wildman–Crippen MR) is 164 cm³/mol. The van der Waals surface area contributed by atoms with Crippen LogP contribution in [0.2, 0.25) is 0 Å². The largest absolute Gasteiger partial charge is 0.439 e. The van der Waals surface area contributed by atoms with E-state index in [1.165, 1.54) is 20.3 Å². The van der Waals surface area contributed by atoms with Gasteiger partial charge in [0.15, 0.2) is 6.10 Å². The fourth-order valence-corrected chi connectivity index (χ4v) is 5.21. The smallest absolute Gasteiger partial charge is 0.405 e. The molecule has 2 amide bonds. The maximum Gasteiger partial charge on any atom is 0.405 e. The molecule has 1 heterocycles. The summed E-state index contributed by atoms with van der Waals surface area (Å²) >= 11 is 0. The Hall–Kier alpha value is -3.00. The third-order valence-electron chi connectivity index (χ3n) is 7.69.